The molecule has 0 aliphatic carbocycles. The van der Waals surface area contributed by atoms with Crippen molar-refractivity contribution >= 4 is 5.91 Å². The molecule has 0 atom stereocenters. The Hall–Kier alpha value is -1.68. The molecule has 1 aromatic rings. The van der Waals surface area contributed by atoms with E-state index in [-0.39, 0.29) is 5.91 Å². The number of carbonyl (C=O) groups is 1. The van der Waals surface area contributed by atoms with Crippen LogP contribution in [0.2, 0.25) is 0 Å². The minimum atomic E-state index is -0.0794. The third-order valence-corrected chi connectivity index (χ3v) is 2.30. The van der Waals surface area contributed by atoms with Gasteiger partial charge in [0.15, 0.2) is 18.9 Å². The SMILES string of the molecule is C=C(C)C(=O)NCCNCC[n+]1ccccc1. The summed E-state index contributed by atoms with van der Waals surface area (Å²) in [5.74, 6) is -0.0794. The van der Waals surface area contributed by atoms with Crippen molar-refractivity contribution in [1.29, 1.82) is 0 Å². The van der Waals surface area contributed by atoms with E-state index in [1.54, 1.807) is 6.92 Å². The standard InChI is InChI=1S/C13H19N3O/c1-12(2)13(17)15-7-6-14-8-11-16-9-4-3-5-10-16/h3-5,9-10,14H,1,6-8,11H2,2H3/p+1. The molecule has 1 rings (SSSR count). The second kappa shape index (κ2) is 7.57. The van der Waals surface area contributed by atoms with Crippen LogP contribution in [0.15, 0.2) is 42.7 Å². The molecule has 0 bridgehead atoms. The quantitative estimate of drug-likeness (QED) is 0.404. The summed E-state index contributed by atoms with van der Waals surface area (Å²) in [5.41, 5.74) is 0.546. The summed E-state index contributed by atoms with van der Waals surface area (Å²) in [4.78, 5) is 11.2. The second-order valence-corrected chi connectivity index (χ2v) is 3.90. The smallest absolute Gasteiger partial charge is 0.246 e. The van der Waals surface area contributed by atoms with Crippen LogP contribution in [0.5, 0.6) is 0 Å². The minimum absolute atomic E-state index is 0.0794. The van der Waals surface area contributed by atoms with Crippen molar-refractivity contribution in [1.82, 2.24) is 10.6 Å². The monoisotopic (exact) mass is 234 g/mol. The van der Waals surface area contributed by atoms with E-state index < -0.39 is 0 Å². The number of nitrogens with one attached hydrogen (secondary N) is 2. The van der Waals surface area contributed by atoms with Crippen molar-refractivity contribution in [3.05, 3.63) is 42.7 Å². The summed E-state index contributed by atoms with van der Waals surface area (Å²) < 4.78 is 2.11. The van der Waals surface area contributed by atoms with E-state index in [9.17, 15) is 4.79 Å². The van der Waals surface area contributed by atoms with Crippen LogP contribution in [-0.2, 0) is 11.3 Å². The first-order chi connectivity index (χ1) is 8.20. The maximum absolute atomic E-state index is 11.2. The molecule has 4 nitrogen and oxygen atoms in total. The average molecular weight is 234 g/mol. The van der Waals surface area contributed by atoms with Crippen molar-refractivity contribution in [2.45, 2.75) is 13.5 Å². The van der Waals surface area contributed by atoms with E-state index >= 15 is 0 Å². The molecule has 4 heteroatoms. The van der Waals surface area contributed by atoms with Gasteiger partial charge in [-0.2, -0.15) is 0 Å². The largest absolute Gasteiger partial charge is 0.351 e. The predicted octanol–water partition coefficient (Wildman–Crippen LogP) is 0.256. The van der Waals surface area contributed by atoms with Gasteiger partial charge in [-0.1, -0.05) is 12.6 Å². The molecule has 1 amide bonds. The van der Waals surface area contributed by atoms with E-state index in [4.69, 9.17) is 0 Å². The number of pyridine rings is 1. The summed E-state index contributed by atoms with van der Waals surface area (Å²) in [5, 5.41) is 6.04. The van der Waals surface area contributed by atoms with Crippen LogP contribution in [-0.4, -0.2) is 25.5 Å². The fourth-order valence-electron chi connectivity index (χ4n) is 1.33. The molecule has 92 valence electrons. The number of hydrogen-bond acceptors (Lipinski definition) is 2. The van der Waals surface area contributed by atoms with Gasteiger partial charge in [-0.05, 0) is 6.92 Å². The molecule has 0 aromatic carbocycles. The predicted molar refractivity (Wildman–Crippen MR) is 67.3 cm³/mol. The highest BCUT2D eigenvalue weighted by Gasteiger charge is 2.00. The lowest BCUT2D eigenvalue weighted by Gasteiger charge is -2.05. The van der Waals surface area contributed by atoms with Gasteiger partial charge >= 0.3 is 0 Å². The highest BCUT2D eigenvalue weighted by molar-refractivity contribution is 5.92. The first-order valence-corrected chi connectivity index (χ1v) is 5.78. The van der Waals surface area contributed by atoms with Gasteiger partial charge in [-0.25, -0.2) is 4.57 Å². The number of amides is 1. The van der Waals surface area contributed by atoms with Gasteiger partial charge in [0.2, 0.25) is 5.91 Å². The Kier molecular flexibility index (Phi) is 5.96. The van der Waals surface area contributed by atoms with Gasteiger partial charge in [-0.3, -0.25) is 4.79 Å². The summed E-state index contributed by atoms with van der Waals surface area (Å²) in [6, 6.07) is 6.01. The number of aromatic nitrogens is 1. The summed E-state index contributed by atoms with van der Waals surface area (Å²) >= 11 is 0. The Morgan fingerprint density at radius 2 is 1.88 bits per heavy atom. The molecule has 17 heavy (non-hydrogen) atoms. The fraction of sp³-hybridized carbons (Fsp3) is 0.385. The average Bonchev–Trinajstić information content (AvgIpc) is 2.34. The lowest BCUT2D eigenvalue weighted by atomic mass is 10.3. The van der Waals surface area contributed by atoms with Gasteiger partial charge in [-0.15, -0.1) is 0 Å². The number of carbonyl (C=O) groups excluding carboxylic acids is 1. The Balaban J connectivity index is 2.02. The van der Waals surface area contributed by atoms with E-state index in [0.717, 1.165) is 19.6 Å². The zero-order valence-corrected chi connectivity index (χ0v) is 10.3. The minimum Gasteiger partial charge on any atom is -0.351 e. The van der Waals surface area contributed by atoms with Crippen molar-refractivity contribution in [2.75, 3.05) is 19.6 Å². The van der Waals surface area contributed by atoms with Crippen molar-refractivity contribution < 1.29 is 9.36 Å². The van der Waals surface area contributed by atoms with Gasteiger partial charge in [0, 0.05) is 30.8 Å². The molecule has 2 N–H and O–H groups in total. The molecular formula is C13H20N3O+. The second-order valence-electron chi connectivity index (χ2n) is 3.90. The Bertz CT molecular complexity index is 362. The van der Waals surface area contributed by atoms with Crippen molar-refractivity contribution in [3.63, 3.8) is 0 Å². The fourth-order valence-corrected chi connectivity index (χ4v) is 1.33. The third-order valence-electron chi connectivity index (χ3n) is 2.30. The molecule has 0 saturated heterocycles. The van der Waals surface area contributed by atoms with Gasteiger partial charge in [0.1, 0.15) is 0 Å². The van der Waals surface area contributed by atoms with E-state index in [1.807, 2.05) is 30.6 Å². The first kappa shape index (κ1) is 13.4. The molecule has 0 fully saturated rings. The van der Waals surface area contributed by atoms with Gasteiger partial charge in [0.05, 0.1) is 6.54 Å². The van der Waals surface area contributed by atoms with Crippen LogP contribution in [0.1, 0.15) is 6.92 Å². The first-order valence-electron chi connectivity index (χ1n) is 5.78. The van der Waals surface area contributed by atoms with E-state index in [1.165, 1.54) is 0 Å². The lowest BCUT2D eigenvalue weighted by molar-refractivity contribution is -0.695. The maximum Gasteiger partial charge on any atom is 0.246 e. The van der Waals surface area contributed by atoms with Gasteiger partial charge in [0.25, 0.3) is 0 Å². The Morgan fingerprint density at radius 1 is 1.18 bits per heavy atom. The van der Waals surface area contributed by atoms with Crippen LogP contribution >= 0.6 is 0 Å². The summed E-state index contributed by atoms with van der Waals surface area (Å²) in [6.45, 7) is 8.49. The normalized spacial score (nSPS) is 9.94. The van der Waals surface area contributed by atoms with Crippen LogP contribution < -0.4 is 15.2 Å². The Morgan fingerprint density at radius 3 is 2.53 bits per heavy atom. The molecule has 0 radical (unpaired) electrons. The molecule has 0 aliphatic heterocycles. The van der Waals surface area contributed by atoms with Crippen LogP contribution in [0.3, 0.4) is 0 Å². The zero-order valence-electron chi connectivity index (χ0n) is 10.3. The molecule has 0 unspecified atom stereocenters. The molecule has 1 aromatic heterocycles. The maximum atomic E-state index is 11.2. The van der Waals surface area contributed by atoms with E-state index in [0.29, 0.717) is 12.1 Å². The van der Waals surface area contributed by atoms with Crippen LogP contribution in [0.25, 0.3) is 0 Å². The zero-order chi connectivity index (χ0) is 12.5. The molecule has 0 saturated carbocycles. The molecule has 1 heterocycles. The Labute approximate surface area is 102 Å². The molecule has 0 spiro atoms. The third kappa shape index (κ3) is 5.82. The molecule has 0 aliphatic rings. The summed E-state index contributed by atoms with van der Waals surface area (Å²) in [7, 11) is 0. The van der Waals surface area contributed by atoms with Crippen molar-refractivity contribution in [3.8, 4) is 0 Å². The van der Waals surface area contributed by atoms with Crippen LogP contribution in [0, 0.1) is 0 Å². The lowest BCUT2D eigenvalue weighted by Crippen LogP contribution is -2.40. The highest BCUT2D eigenvalue weighted by Crippen LogP contribution is 1.83. The number of rotatable bonds is 7. The van der Waals surface area contributed by atoms with Crippen LogP contribution in [0.4, 0.5) is 0 Å². The van der Waals surface area contributed by atoms with Crippen molar-refractivity contribution in [2.24, 2.45) is 0 Å². The summed E-state index contributed by atoms with van der Waals surface area (Å²) in [6.07, 6.45) is 4.06. The topological polar surface area (TPSA) is 45.0 Å². The number of hydrogen-bond donors (Lipinski definition) is 2. The number of nitrogens with zero attached hydrogens (tertiary/aromatic N) is 1. The highest BCUT2D eigenvalue weighted by atomic mass is 16.1. The van der Waals surface area contributed by atoms with E-state index in [2.05, 4.69) is 21.8 Å². The molecular weight excluding hydrogens is 214 g/mol. The van der Waals surface area contributed by atoms with Gasteiger partial charge < -0.3 is 10.6 Å².